The molecule has 168 valence electrons. The maximum absolute atomic E-state index is 13.0. The highest BCUT2D eigenvalue weighted by atomic mass is 79.9. The Morgan fingerprint density at radius 1 is 1.19 bits per heavy atom. The van der Waals surface area contributed by atoms with Gasteiger partial charge in [-0.15, -0.1) is 10.2 Å². The molecule has 3 heterocycles. The number of amides is 2. The third-order valence-corrected chi connectivity index (χ3v) is 6.34. The topological polar surface area (TPSA) is 111 Å². The van der Waals surface area contributed by atoms with Crippen LogP contribution >= 0.6 is 15.9 Å². The van der Waals surface area contributed by atoms with Crippen molar-refractivity contribution in [2.24, 2.45) is 7.05 Å². The molecule has 1 N–H and O–H groups in total. The van der Waals surface area contributed by atoms with Gasteiger partial charge in [-0.1, -0.05) is 26.4 Å². The van der Waals surface area contributed by atoms with Gasteiger partial charge in [-0.2, -0.15) is 0 Å². The lowest BCUT2D eigenvalue weighted by atomic mass is 10.1. The van der Waals surface area contributed by atoms with Gasteiger partial charge in [0.25, 0.3) is 5.91 Å². The van der Waals surface area contributed by atoms with Crippen molar-refractivity contribution in [1.82, 2.24) is 40.2 Å². The van der Waals surface area contributed by atoms with Crippen molar-refractivity contribution in [3.05, 3.63) is 58.1 Å². The van der Waals surface area contributed by atoms with Crippen LogP contribution in [0.25, 0.3) is 0 Å². The van der Waals surface area contributed by atoms with Gasteiger partial charge in [0, 0.05) is 23.6 Å². The van der Waals surface area contributed by atoms with Crippen LogP contribution in [-0.2, 0) is 11.8 Å². The average molecular weight is 501 g/mol. The van der Waals surface area contributed by atoms with Crippen molar-refractivity contribution in [3.63, 3.8) is 0 Å². The van der Waals surface area contributed by atoms with Gasteiger partial charge < -0.3 is 10.2 Å². The van der Waals surface area contributed by atoms with E-state index in [1.54, 1.807) is 32.6 Å². The van der Waals surface area contributed by atoms with Gasteiger partial charge >= 0.3 is 0 Å². The molecule has 32 heavy (non-hydrogen) atoms. The van der Waals surface area contributed by atoms with Gasteiger partial charge in [0.1, 0.15) is 11.7 Å². The van der Waals surface area contributed by atoms with Crippen LogP contribution in [-0.4, -0.2) is 59.3 Å². The quantitative estimate of drug-likeness (QED) is 0.555. The lowest BCUT2D eigenvalue weighted by molar-refractivity contribution is -0.125. The first-order chi connectivity index (χ1) is 15.3. The molecular formula is C21H25BrN8O2. The van der Waals surface area contributed by atoms with Crippen molar-refractivity contribution < 1.29 is 9.59 Å². The van der Waals surface area contributed by atoms with Crippen LogP contribution in [0, 0.1) is 0 Å². The normalized spacial score (nSPS) is 17.9. The summed E-state index contributed by atoms with van der Waals surface area (Å²) >= 11 is 3.38. The van der Waals surface area contributed by atoms with Crippen LogP contribution in [0.2, 0.25) is 0 Å². The molecule has 1 fully saturated rings. The number of benzene rings is 1. The van der Waals surface area contributed by atoms with E-state index in [0.29, 0.717) is 24.2 Å². The van der Waals surface area contributed by atoms with E-state index in [0.717, 1.165) is 16.6 Å². The third-order valence-electron chi connectivity index (χ3n) is 5.81. The second kappa shape index (κ2) is 9.19. The van der Waals surface area contributed by atoms with E-state index in [2.05, 4.69) is 41.9 Å². The van der Waals surface area contributed by atoms with E-state index >= 15 is 0 Å². The largest absolute Gasteiger partial charge is 0.346 e. The van der Waals surface area contributed by atoms with E-state index in [-0.39, 0.29) is 23.9 Å². The average Bonchev–Trinajstić information content (AvgIpc) is 3.53. The minimum absolute atomic E-state index is 0.104. The predicted octanol–water partition coefficient (Wildman–Crippen LogP) is 2.26. The highest BCUT2D eigenvalue weighted by Crippen LogP contribution is 2.23. The Morgan fingerprint density at radius 2 is 1.94 bits per heavy atom. The zero-order valence-electron chi connectivity index (χ0n) is 18.1. The number of carbonyl (C=O) groups excluding carboxylic acids is 2. The number of aromatic nitrogens is 6. The van der Waals surface area contributed by atoms with Gasteiger partial charge in [-0.05, 0) is 51.0 Å². The maximum atomic E-state index is 13.0. The number of nitrogens with zero attached hydrogens (tertiary/aromatic N) is 7. The zero-order valence-corrected chi connectivity index (χ0v) is 19.7. The van der Waals surface area contributed by atoms with Crippen molar-refractivity contribution in [3.8, 4) is 0 Å². The fourth-order valence-corrected chi connectivity index (χ4v) is 4.18. The zero-order chi connectivity index (χ0) is 22.8. The molecule has 2 unspecified atom stereocenters. The van der Waals surface area contributed by atoms with E-state index in [1.165, 1.54) is 0 Å². The summed E-state index contributed by atoms with van der Waals surface area (Å²) in [5.74, 6) is -0.314. The van der Waals surface area contributed by atoms with E-state index in [4.69, 9.17) is 0 Å². The second-order valence-corrected chi connectivity index (χ2v) is 8.89. The Bertz CT molecular complexity index is 1110. The number of halogens is 1. The Kier molecular flexibility index (Phi) is 6.35. The molecule has 3 atom stereocenters. The minimum atomic E-state index is -0.497. The van der Waals surface area contributed by atoms with Crippen LogP contribution in [0.5, 0.6) is 0 Å². The summed E-state index contributed by atoms with van der Waals surface area (Å²) in [6.07, 6.45) is 4.93. The fraction of sp³-hybridized carbons (Fsp3) is 0.429. The number of hydrogen-bond donors (Lipinski definition) is 1. The van der Waals surface area contributed by atoms with Gasteiger partial charge in [0.2, 0.25) is 5.91 Å². The molecule has 0 aliphatic carbocycles. The number of carbonyl (C=O) groups is 2. The van der Waals surface area contributed by atoms with E-state index in [1.807, 2.05) is 39.2 Å². The van der Waals surface area contributed by atoms with Crippen molar-refractivity contribution in [2.75, 3.05) is 6.54 Å². The number of likely N-dealkylation sites (tertiary alicyclic amines) is 1. The summed E-state index contributed by atoms with van der Waals surface area (Å²) in [6, 6.07) is 6.23. The third kappa shape index (κ3) is 4.43. The Labute approximate surface area is 194 Å². The smallest absolute Gasteiger partial charge is 0.254 e. The molecule has 4 rings (SSSR count). The molecule has 0 radical (unpaired) electrons. The molecule has 0 bridgehead atoms. The predicted molar refractivity (Wildman–Crippen MR) is 120 cm³/mol. The first-order valence-corrected chi connectivity index (χ1v) is 11.3. The van der Waals surface area contributed by atoms with Crippen LogP contribution in [0.1, 0.15) is 60.5 Å². The second-order valence-electron chi connectivity index (χ2n) is 7.98. The Hall–Kier alpha value is -3.08. The maximum Gasteiger partial charge on any atom is 0.254 e. The van der Waals surface area contributed by atoms with Gasteiger partial charge in [0.05, 0.1) is 30.2 Å². The molecule has 2 aromatic heterocycles. The summed E-state index contributed by atoms with van der Waals surface area (Å²) in [4.78, 5) is 27.6. The molecular weight excluding hydrogens is 476 g/mol. The molecule has 1 saturated heterocycles. The fourth-order valence-electron chi connectivity index (χ4n) is 3.91. The summed E-state index contributed by atoms with van der Waals surface area (Å²) in [7, 11) is 1.82. The van der Waals surface area contributed by atoms with Gasteiger partial charge in [-0.25, -0.2) is 4.68 Å². The number of rotatable bonds is 6. The molecule has 0 saturated carbocycles. The number of aryl methyl sites for hydroxylation is 1. The highest BCUT2D eigenvalue weighted by molar-refractivity contribution is 9.10. The molecule has 11 heteroatoms. The van der Waals surface area contributed by atoms with E-state index < -0.39 is 6.04 Å². The monoisotopic (exact) mass is 500 g/mol. The molecule has 2 amide bonds. The SMILES string of the molecule is CC(NC(=O)C1CCCN1C(=O)c1ccc(Br)cc1)c1cn([C@H](C)c2cnnn2C)nn1. The Morgan fingerprint density at radius 3 is 2.62 bits per heavy atom. The van der Waals surface area contributed by atoms with E-state index in [9.17, 15) is 9.59 Å². The highest BCUT2D eigenvalue weighted by Gasteiger charge is 2.35. The van der Waals surface area contributed by atoms with Crippen molar-refractivity contribution in [2.45, 2.75) is 44.8 Å². The first kappa shape index (κ1) is 22.1. The van der Waals surface area contributed by atoms with Gasteiger partial charge in [0.15, 0.2) is 0 Å². The summed E-state index contributed by atoms with van der Waals surface area (Å²) in [5.41, 5.74) is 2.11. The minimum Gasteiger partial charge on any atom is -0.346 e. The molecule has 1 aliphatic rings. The van der Waals surface area contributed by atoms with Crippen LogP contribution in [0.15, 0.2) is 41.1 Å². The van der Waals surface area contributed by atoms with Crippen molar-refractivity contribution >= 4 is 27.7 Å². The van der Waals surface area contributed by atoms with Crippen LogP contribution < -0.4 is 5.32 Å². The Balaban J connectivity index is 1.42. The summed E-state index contributed by atoms with van der Waals surface area (Å²) in [6.45, 7) is 4.40. The number of hydrogen-bond acceptors (Lipinski definition) is 6. The first-order valence-electron chi connectivity index (χ1n) is 10.5. The molecule has 1 aliphatic heterocycles. The summed E-state index contributed by atoms with van der Waals surface area (Å²) in [5, 5.41) is 19.3. The standard InChI is InChI=1S/C21H25BrN8O2/c1-13(17-12-30(27-25-17)14(2)19-11-23-26-28(19)3)24-20(31)18-5-4-10-29(18)21(32)15-6-8-16(22)9-7-15/h6-9,11-14,18H,4-5,10H2,1-3H3,(H,24,31)/t13?,14-,18?/m1/s1. The lowest BCUT2D eigenvalue weighted by Crippen LogP contribution is -2.46. The summed E-state index contributed by atoms with van der Waals surface area (Å²) < 4.78 is 4.31. The molecule has 0 spiro atoms. The van der Waals surface area contributed by atoms with Crippen LogP contribution in [0.3, 0.4) is 0 Å². The van der Waals surface area contributed by atoms with Gasteiger partial charge in [-0.3, -0.25) is 14.3 Å². The van der Waals surface area contributed by atoms with Crippen LogP contribution in [0.4, 0.5) is 0 Å². The lowest BCUT2D eigenvalue weighted by Gasteiger charge is -2.25. The molecule has 10 nitrogen and oxygen atoms in total. The molecule has 3 aromatic rings. The molecule has 1 aromatic carbocycles. The number of nitrogens with one attached hydrogen (secondary N) is 1. The van der Waals surface area contributed by atoms with Crippen molar-refractivity contribution in [1.29, 1.82) is 0 Å².